The summed E-state index contributed by atoms with van der Waals surface area (Å²) in [5, 5.41) is 4.41. The molecule has 134 valence electrons. The van der Waals surface area contributed by atoms with Gasteiger partial charge in [0.2, 0.25) is 0 Å². The van der Waals surface area contributed by atoms with Crippen LogP contribution in [0.15, 0.2) is 54.6 Å². The van der Waals surface area contributed by atoms with Crippen LogP contribution in [0.3, 0.4) is 0 Å². The van der Waals surface area contributed by atoms with Crippen LogP contribution in [-0.4, -0.2) is 18.4 Å². The van der Waals surface area contributed by atoms with E-state index in [-0.39, 0.29) is 11.8 Å². The summed E-state index contributed by atoms with van der Waals surface area (Å²) in [5.74, 6) is 0.0161. The van der Waals surface area contributed by atoms with Crippen LogP contribution in [0.4, 0.5) is 0 Å². The van der Waals surface area contributed by atoms with Crippen molar-refractivity contribution in [2.75, 3.05) is 6.61 Å². The van der Waals surface area contributed by atoms with Crippen molar-refractivity contribution in [1.29, 1.82) is 0 Å². The lowest BCUT2D eigenvalue weighted by Crippen LogP contribution is -2.04. The third-order valence-electron chi connectivity index (χ3n) is 4.66. The molecule has 3 aromatic rings. The topological polar surface area (TPSA) is 43.4 Å². The quantitative estimate of drug-likeness (QED) is 0.227. The van der Waals surface area contributed by atoms with Crippen molar-refractivity contribution in [3.63, 3.8) is 0 Å². The molecule has 3 heteroatoms. The predicted octanol–water partition coefficient (Wildman–Crippen LogP) is 5.69. The van der Waals surface area contributed by atoms with Crippen LogP contribution in [-0.2, 0) is 9.53 Å². The van der Waals surface area contributed by atoms with Gasteiger partial charge in [-0.05, 0) is 47.4 Å². The molecule has 0 heterocycles. The summed E-state index contributed by atoms with van der Waals surface area (Å²) in [5.41, 5.74) is 0.796. The van der Waals surface area contributed by atoms with Crippen LogP contribution in [0.25, 0.3) is 21.5 Å². The summed E-state index contributed by atoms with van der Waals surface area (Å²) in [6, 6.07) is 18.3. The predicted molar refractivity (Wildman–Crippen MR) is 106 cm³/mol. The van der Waals surface area contributed by atoms with Gasteiger partial charge >= 0.3 is 5.97 Å². The second-order valence-corrected chi connectivity index (χ2v) is 6.48. The van der Waals surface area contributed by atoms with Crippen LogP contribution in [0, 0.1) is 0 Å². The number of fused-ring (bicyclic) bond motifs is 3. The number of benzene rings is 3. The van der Waals surface area contributed by atoms with E-state index in [1.165, 1.54) is 5.39 Å². The maximum absolute atomic E-state index is 12.8. The first kappa shape index (κ1) is 18.1. The Morgan fingerprint density at radius 2 is 1.46 bits per heavy atom. The van der Waals surface area contributed by atoms with Gasteiger partial charge in [0.25, 0.3) is 0 Å². The molecule has 3 aromatic carbocycles. The Morgan fingerprint density at radius 3 is 2.23 bits per heavy atom. The molecule has 0 saturated carbocycles. The molecule has 0 N–H and O–H groups in total. The lowest BCUT2D eigenvalue weighted by molar-refractivity contribution is -0.143. The maximum Gasteiger partial charge on any atom is 0.305 e. The molecule has 0 bridgehead atoms. The van der Waals surface area contributed by atoms with Gasteiger partial charge in [-0.1, -0.05) is 55.0 Å². The smallest absolute Gasteiger partial charge is 0.305 e. The lowest BCUT2D eigenvalue weighted by atomic mass is 9.93. The van der Waals surface area contributed by atoms with Crippen molar-refractivity contribution in [3.8, 4) is 0 Å². The van der Waals surface area contributed by atoms with Gasteiger partial charge in [0.05, 0.1) is 6.61 Å². The molecule has 0 aliphatic rings. The molecule has 0 radical (unpaired) electrons. The highest BCUT2D eigenvalue weighted by Crippen LogP contribution is 2.29. The molecule has 0 fully saturated rings. The minimum Gasteiger partial charge on any atom is -0.466 e. The zero-order chi connectivity index (χ0) is 18.4. The minimum absolute atomic E-state index is 0.153. The minimum atomic E-state index is -0.153. The summed E-state index contributed by atoms with van der Waals surface area (Å²) >= 11 is 0. The second kappa shape index (κ2) is 8.61. The molecule has 0 unspecified atom stereocenters. The van der Waals surface area contributed by atoms with Crippen molar-refractivity contribution in [3.05, 3.63) is 60.2 Å². The fraction of sp³-hybridized carbons (Fsp3) is 0.304. The van der Waals surface area contributed by atoms with Crippen LogP contribution < -0.4 is 0 Å². The first-order chi connectivity index (χ1) is 12.7. The standard InChI is InChI=1S/C23H24O3/c1-2-26-23(25)15-5-3-4-14-22(24)21-16-17-10-6-7-11-18(17)19-12-8-9-13-20(19)21/h6-13,16H,2-5,14-15H2,1H3. The number of Topliss-reactive ketones (excluding diaryl/α,β-unsaturated/α-hetero) is 1. The van der Waals surface area contributed by atoms with Gasteiger partial charge < -0.3 is 4.74 Å². The first-order valence-electron chi connectivity index (χ1n) is 9.30. The maximum atomic E-state index is 12.8. The number of ketones is 1. The van der Waals surface area contributed by atoms with Gasteiger partial charge in [0.1, 0.15) is 0 Å². The van der Waals surface area contributed by atoms with Crippen molar-refractivity contribution in [1.82, 2.24) is 0 Å². The average Bonchev–Trinajstić information content (AvgIpc) is 2.67. The fourth-order valence-corrected chi connectivity index (χ4v) is 3.38. The largest absolute Gasteiger partial charge is 0.466 e. The zero-order valence-electron chi connectivity index (χ0n) is 15.2. The summed E-state index contributed by atoms with van der Waals surface area (Å²) in [4.78, 5) is 24.2. The summed E-state index contributed by atoms with van der Waals surface area (Å²) < 4.78 is 4.92. The second-order valence-electron chi connectivity index (χ2n) is 6.48. The van der Waals surface area contributed by atoms with E-state index in [1.807, 2.05) is 43.3 Å². The number of unbranched alkanes of at least 4 members (excludes halogenated alkanes) is 2. The lowest BCUT2D eigenvalue weighted by Gasteiger charge is -2.10. The van der Waals surface area contributed by atoms with E-state index in [1.54, 1.807) is 0 Å². The molecule has 0 aromatic heterocycles. The number of esters is 1. The molecule has 26 heavy (non-hydrogen) atoms. The molecular weight excluding hydrogens is 324 g/mol. The monoisotopic (exact) mass is 348 g/mol. The summed E-state index contributed by atoms with van der Waals surface area (Å²) in [7, 11) is 0. The van der Waals surface area contributed by atoms with Crippen LogP contribution in [0.5, 0.6) is 0 Å². The number of carbonyl (C=O) groups excluding carboxylic acids is 2. The molecule has 0 saturated heterocycles. The van der Waals surface area contributed by atoms with Gasteiger partial charge in [-0.15, -0.1) is 0 Å². The van der Waals surface area contributed by atoms with Crippen molar-refractivity contribution < 1.29 is 14.3 Å². The third kappa shape index (κ3) is 4.10. The van der Waals surface area contributed by atoms with E-state index in [2.05, 4.69) is 18.2 Å². The normalized spacial score (nSPS) is 11.0. The summed E-state index contributed by atoms with van der Waals surface area (Å²) in [6.45, 7) is 2.23. The molecule has 0 aliphatic carbocycles. The van der Waals surface area contributed by atoms with E-state index in [0.717, 1.165) is 41.0 Å². The van der Waals surface area contributed by atoms with Crippen LogP contribution >= 0.6 is 0 Å². The zero-order valence-corrected chi connectivity index (χ0v) is 15.2. The molecule has 3 rings (SSSR count). The highest BCUT2D eigenvalue weighted by molar-refractivity contribution is 6.17. The van der Waals surface area contributed by atoms with E-state index in [0.29, 0.717) is 19.4 Å². The van der Waals surface area contributed by atoms with E-state index < -0.39 is 0 Å². The van der Waals surface area contributed by atoms with Crippen LogP contribution in [0.2, 0.25) is 0 Å². The number of hydrogen-bond acceptors (Lipinski definition) is 3. The number of carbonyl (C=O) groups is 2. The number of hydrogen-bond donors (Lipinski definition) is 0. The first-order valence-corrected chi connectivity index (χ1v) is 9.30. The Morgan fingerprint density at radius 1 is 0.808 bits per heavy atom. The Balaban J connectivity index is 1.71. The average molecular weight is 348 g/mol. The Hall–Kier alpha value is -2.68. The molecular formula is C23H24O3. The number of ether oxygens (including phenoxy) is 1. The highest BCUT2D eigenvalue weighted by Gasteiger charge is 2.12. The van der Waals surface area contributed by atoms with Crippen LogP contribution in [0.1, 0.15) is 49.4 Å². The highest BCUT2D eigenvalue weighted by atomic mass is 16.5. The summed E-state index contributed by atoms with van der Waals surface area (Å²) in [6.07, 6.45) is 3.35. The van der Waals surface area contributed by atoms with Gasteiger partial charge in [-0.25, -0.2) is 0 Å². The Bertz CT molecular complexity index is 927. The Kier molecular flexibility index (Phi) is 6.00. The molecule has 3 nitrogen and oxygen atoms in total. The van der Waals surface area contributed by atoms with E-state index in [9.17, 15) is 9.59 Å². The molecule has 0 amide bonds. The SMILES string of the molecule is CCOC(=O)CCCCCC(=O)c1cc2ccccc2c2ccccc12. The Labute approximate surface area is 154 Å². The van der Waals surface area contributed by atoms with E-state index in [4.69, 9.17) is 4.74 Å². The van der Waals surface area contributed by atoms with Gasteiger partial charge in [-0.2, -0.15) is 0 Å². The van der Waals surface area contributed by atoms with E-state index >= 15 is 0 Å². The van der Waals surface area contributed by atoms with Crippen molar-refractivity contribution >= 4 is 33.3 Å². The van der Waals surface area contributed by atoms with Crippen molar-refractivity contribution in [2.24, 2.45) is 0 Å². The van der Waals surface area contributed by atoms with Crippen molar-refractivity contribution in [2.45, 2.75) is 39.0 Å². The van der Waals surface area contributed by atoms with Gasteiger partial charge in [-0.3, -0.25) is 9.59 Å². The third-order valence-corrected chi connectivity index (χ3v) is 4.66. The molecule has 0 aliphatic heterocycles. The number of rotatable bonds is 8. The molecule has 0 spiro atoms. The fourth-order valence-electron chi connectivity index (χ4n) is 3.38. The van der Waals surface area contributed by atoms with Gasteiger partial charge in [0.15, 0.2) is 5.78 Å². The van der Waals surface area contributed by atoms with Gasteiger partial charge in [0, 0.05) is 18.4 Å². The molecule has 0 atom stereocenters.